The molecule has 0 unspecified atom stereocenters. The van der Waals surface area contributed by atoms with Gasteiger partial charge in [-0.1, -0.05) is 6.92 Å². The molecule has 0 bridgehead atoms. The van der Waals surface area contributed by atoms with Crippen molar-refractivity contribution in [2.45, 2.75) is 58.1 Å². The largest absolute Gasteiger partial charge is 0.375 e. The fourth-order valence-electron chi connectivity index (χ4n) is 4.31. The van der Waals surface area contributed by atoms with Crippen molar-refractivity contribution in [1.82, 2.24) is 15.0 Å². The van der Waals surface area contributed by atoms with Gasteiger partial charge < -0.3 is 15.0 Å². The Morgan fingerprint density at radius 3 is 2.86 bits per heavy atom. The van der Waals surface area contributed by atoms with Crippen LogP contribution in [0.2, 0.25) is 0 Å². The Kier molecular flexibility index (Phi) is 2.98. The molecule has 3 heterocycles. The Morgan fingerprint density at radius 1 is 1.36 bits per heavy atom. The quantitative estimate of drug-likeness (QED) is 0.913. The second-order valence-electron chi connectivity index (χ2n) is 7.59. The Hall–Kier alpha value is -1.62. The molecule has 4 rings (SSSR count). The molecule has 1 aliphatic heterocycles. The van der Waals surface area contributed by atoms with Crippen LogP contribution in [0.25, 0.3) is 11.0 Å². The maximum absolute atomic E-state index is 5.93. The number of aromatic nitrogens is 3. The van der Waals surface area contributed by atoms with Crippen molar-refractivity contribution in [3.63, 3.8) is 0 Å². The number of aryl methyl sites for hydroxylation is 1. The van der Waals surface area contributed by atoms with Crippen molar-refractivity contribution < 1.29 is 4.74 Å². The minimum absolute atomic E-state index is 0.0448. The number of nitrogens with one attached hydrogen (secondary N) is 2. The lowest BCUT2D eigenvalue weighted by Crippen LogP contribution is -2.46. The maximum atomic E-state index is 5.93. The van der Waals surface area contributed by atoms with E-state index in [4.69, 9.17) is 4.74 Å². The van der Waals surface area contributed by atoms with Crippen LogP contribution in [0.1, 0.15) is 45.6 Å². The minimum atomic E-state index is 0.0448. The first-order valence-corrected chi connectivity index (χ1v) is 8.22. The number of hydrogen-bond donors (Lipinski definition) is 2. The van der Waals surface area contributed by atoms with Gasteiger partial charge in [0.2, 0.25) is 0 Å². The molecule has 0 atom stereocenters. The van der Waals surface area contributed by atoms with Gasteiger partial charge in [-0.05, 0) is 45.1 Å². The first-order valence-electron chi connectivity index (χ1n) is 8.22. The zero-order chi connectivity index (χ0) is 15.4. The summed E-state index contributed by atoms with van der Waals surface area (Å²) in [7, 11) is 0. The third-order valence-corrected chi connectivity index (χ3v) is 5.20. The van der Waals surface area contributed by atoms with Crippen LogP contribution >= 0.6 is 0 Å². The van der Waals surface area contributed by atoms with E-state index in [1.54, 1.807) is 6.33 Å². The number of H-pyrrole nitrogens is 1. The van der Waals surface area contributed by atoms with Gasteiger partial charge in [0.25, 0.3) is 0 Å². The number of nitrogens with zero attached hydrogens (tertiary/aromatic N) is 2. The summed E-state index contributed by atoms with van der Waals surface area (Å²) < 4.78 is 5.93. The molecule has 1 saturated carbocycles. The van der Waals surface area contributed by atoms with Crippen LogP contribution in [0.3, 0.4) is 0 Å². The lowest BCUT2D eigenvalue weighted by molar-refractivity contribution is 0.0223. The number of fused-ring (bicyclic) bond motifs is 1. The fourth-order valence-corrected chi connectivity index (χ4v) is 4.31. The molecule has 1 aliphatic carbocycles. The van der Waals surface area contributed by atoms with Gasteiger partial charge >= 0.3 is 0 Å². The third kappa shape index (κ3) is 2.19. The predicted octanol–water partition coefficient (Wildman–Crippen LogP) is 3.28. The lowest BCUT2D eigenvalue weighted by atomic mass is 9.63. The molecule has 0 amide bonds. The summed E-state index contributed by atoms with van der Waals surface area (Å²) in [5.41, 5.74) is 2.63. The molecule has 2 N–H and O–H groups in total. The molecule has 2 aromatic rings. The first kappa shape index (κ1) is 14.0. The van der Waals surface area contributed by atoms with Gasteiger partial charge in [-0.2, -0.15) is 0 Å². The van der Waals surface area contributed by atoms with Crippen LogP contribution in [-0.4, -0.2) is 33.2 Å². The van der Waals surface area contributed by atoms with Crippen molar-refractivity contribution in [3.05, 3.63) is 18.1 Å². The predicted molar refractivity (Wildman–Crippen MR) is 87.0 cm³/mol. The number of ether oxygens (including phenoxy) is 1. The standard InChI is InChI=1S/C17H24N4O/c1-4-11-7-18-14-13(11)15(20-10-19-14)21-12-5-17(6-12)8-16(2,3)22-9-17/h7,10,12H,4-6,8-9H2,1-3H3,(H2,18,19,20,21). The topological polar surface area (TPSA) is 62.8 Å². The summed E-state index contributed by atoms with van der Waals surface area (Å²) in [6, 6.07) is 0.496. The molecular weight excluding hydrogens is 276 g/mol. The Bertz CT molecular complexity index is 700. The highest BCUT2D eigenvalue weighted by molar-refractivity contribution is 5.90. The summed E-state index contributed by atoms with van der Waals surface area (Å²) in [4.78, 5) is 12.0. The van der Waals surface area contributed by atoms with Gasteiger partial charge in [-0.15, -0.1) is 0 Å². The average Bonchev–Trinajstić information content (AvgIpc) is 3.00. The van der Waals surface area contributed by atoms with E-state index >= 15 is 0 Å². The summed E-state index contributed by atoms with van der Waals surface area (Å²) in [5, 5.41) is 4.78. The molecule has 0 aromatic carbocycles. The Labute approximate surface area is 130 Å². The highest BCUT2D eigenvalue weighted by Gasteiger charge is 2.52. The molecule has 1 spiro atoms. The number of rotatable bonds is 3. The number of hydrogen-bond acceptors (Lipinski definition) is 4. The maximum Gasteiger partial charge on any atom is 0.143 e. The lowest BCUT2D eigenvalue weighted by Gasteiger charge is -2.45. The fraction of sp³-hybridized carbons (Fsp3) is 0.647. The van der Waals surface area contributed by atoms with Gasteiger partial charge in [0, 0.05) is 17.7 Å². The van der Waals surface area contributed by atoms with Crippen molar-refractivity contribution in [2.75, 3.05) is 11.9 Å². The van der Waals surface area contributed by atoms with Gasteiger partial charge in [0.15, 0.2) is 0 Å². The van der Waals surface area contributed by atoms with E-state index in [9.17, 15) is 0 Å². The van der Waals surface area contributed by atoms with E-state index in [1.165, 1.54) is 24.8 Å². The van der Waals surface area contributed by atoms with Gasteiger partial charge in [0.1, 0.15) is 17.8 Å². The minimum Gasteiger partial charge on any atom is -0.375 e. The Morgan fingerprint density at radius 2 is 2.18 bits per heavy atom. The normalized spacial score (nSPS) is 29.9. The first-order chi connectivity index (χ1) is 10.5. The SMILES string of the molecule is CCc1c[nH]c2ncnc(NC3CC4(COC(C)(C)C4)C3)c12. The summed E-state index contributed by atoms with van der Waals surface area (Å²) in [5.74, 6) is 0.973. The van der Waals surface area contributed by atoms with E-state index in [0.29, 0.717) is 11.5 Å². The van der Waals surface area contributed by atoms with Crippen LogP contribution in [0.5, 0.6) is 0 Å². The highest BCUT2D eigenvalue weighted by Crippen LogP contribution is 2.53. The summed E-state index contributed by atoms with van der Waals surface area (Å²) in [6.45, 7) is 7.46. The van der Waals surface area contributed by atoms with E-state index in [-0.39, 0.29) is 5.60 Å². The zero-order valence-corrected chi connectivity index (χ0v) is 13.6. The van der Waals surface area contributed by atoms with Crippen LogP contribution in [0.15, 0.2) is 12.5 Å². The molecule has 0 radical (unpaired) electrons. The molecule has 2 aliphatic rings. The van der Waals surface area contributed by atoms with Gasteiger partial charge in [-0.25, -0.2) is 9.97 Å². The van der Waals surface area contributed by atoms with Crippen molar-refractivity contribution in [1.29, 1.82) is 0 Å². The van der Waals surface area contributed by atoms with Gasteiger partial charge in [-0.3, -0.25) is 0 Å². The summed E-state index contributed by atoms with van der Waals surface area (Å²) in [6.07, 6.45) is 8.18. The van der Waals surface area contributed by atoms with Crippen LogP contribution in [0, 0.1) is 5.41 Å². The molecule has 1 saturated heterocycles. The summed E-state index contributed by atoms with van der Waals surface area (Å²) >= 11 is 0. The van der Waals surface area contributed by atoms with Crippen molar-refractivity contribution in [3.8, 4) is 0 Å². The number of anilines is 1. The molecular formula is C17H24N4O. The monoisotopic (exact) mass is 300 g/mol. The second kappa shape index (κ2) is 4.69. The smallest absolute Gasteiger partial charge is 0.143 e. The van der Waals surface area contributed by atoms with Crippen LogP contribution in [0.4, 0.5) is 5.82 Å². The molecule has 5 nitrogen and oxygen atoms in total. The van der Waals surface area contributed by atoms with Gasteiger partial charge in [0.05, 0.1) is 17.6 Å². The highest BCUT2D eigenvalue weighted by atomic mass is 16.5. The van der Waals surface area contributed by atoms with Crippen molar-refractivity contribution in [2.24, 2.45) is 5.41 Å². The third-order valence-electron chi connectivity index (χ3n) is 5.20. The molecule has 2 aromatic heterocycles. The van der Waals surface area contributed by atoms with Crippen molar-refractivity contribution >= 4 is 16.9 Å². The Balaban J connectivity index is 1.51. The zero-order valence-electron chi connectivity index (χ0n) is 13.6. The molecule has 5 heteroatoms. The van der Waals surface area contributed by atoms with Crippen LogP contribution in [-0.2, 0) is 11.2 Å². The van der Waals surface area contributed by atoms with E-state index in [2.05, 4.69) is 41.0 Å². The molecule has 2 fully saturated rings. The van der Waals surface area contributed by atoms with Crippen LogP contribution < -0.4 is 5.32 Å². The molecule has 118 valence electrons. The van der Waals surface area contributed by atoms with E-state index in [0.717, 1.165) is 29.9 Å². The second-order valence-corrected chi connectivity index (χ2v) is 7.59. The van der Waals surface area contributed by atoms with E-state index < -0.39 is 0 Å². The average molecular weight is 300 g/mol. The van der Waals surface area contributed by atoms with E-state index in [1.807, 2.05) is 6.20 Å². The molecule has 22 heavy (non-hydrogen) atoms. The number of aromatic amines is 1.